The number of hydrogen-bond donors (Lipinski definition) is 1. The number of hydrazone groups is 1. The normalized spacial score (nSPS) is 16.7. The highest BCUT2D eigenvalue weighted by molar-refractivity contribution is 6.30. The summed E-state index contributed by atoms with van der Waals surface area (Å²) in [4.78, 5) is 11.9. The molecule has 0 radical (unpaired) electrons. The van der Waals surface area contributed by atoms with Crippen LogP contribution in [0.2, 0.25) is 5.02 Å². The molecule has 0 aromatic heterocycles. The summed E-state index contributed by atoms with van der Waals surface area (Å²) < 4.78 is 5.63. The average Bonchev–Trinajstić information content (AvgIpc) is 3.23. The van der Waals surface area contributed by atoms with Crippen LogP contribution >= 0.6 is 11.6 Å². The molecule has 0 heterocycles. The van der Waals surface area contributed by atoms with Gasteiger partial charge in [-0.05, 0) is 63.3 Å². The monoisotopic (exact) mass is 294 g/mol. The molecule has 1 aromatic carbocycles. The maximum absolute atomic E-state index is 11.9. The summed E-state index contributed by atoms with van der Waals surface area (Å²) >= 11 is 5.88. The minimum atomic E-state index is -0.606. The van der Waals surface area contributed by atoms with Gasteiger partial charge >= 0.3 is 0 Å². The molecular formula is C15H19ClN2O2. The third kappa shape index (κ3) is 3.97. The Morgan fingerprint density at radius 2 is 2.20 bits per heavy atom. The Bertz CT molecular complexity index is 539. The molecule has 0 bridgehead atoms. The molecule has 0 saturated heterocycles. The zero-order valence-electron chi connectivity index (χ0n) is 11.9. The minimum absolute atomic E-state index is 0.251. The summed E-state index contributed by atoms with van der Waals surface area (Å²) in [6.07, 6.45) is 1.73. The Kier molecular flexibility index (Phi) is 4.65. The van der Waals surface area contributed by atoms with Crippen LogP contribution in [0.5, 0.6) is 5.75 Å². The molecule has 1 atom stereocenters. The van der Waals surface area contributed by atoms with E-state index in [4.69, 9.17) is 16.3 Å². The van der Waals surface area contributed by atoms with E-state index >= 15 is 0 Å². The molecule has 1 fully saturated rings. The van der Waals surface area contributed by atoms with Gasteiger partial charge in [-0.15, -0.1) is 0 Å². The van der Waals surface area contributed by atoms with E-state index < -0.39 is 6.10 Å². The zero-order valence-corrected chi connectivity index (χ0v) is 12.7. The van der Waals surface area contributed by atoms with Crippen molar-refractivity contribution >= 4 is 23.2 Å². The van der Waals surface area contributed by atoms with Crippen LogP contribution in [0.15, 0.2) is 23.3 Å². The Morgan fingerprint density at radius 1 is 1.50 bits per heavy atom. The van der Waals surface area contributed by atoms with Crippen molar-refractivity contribution in [2.24, 2.45) is 11.0 Å². The largest absolute Gasteiger partial charge is 0.481 e. The van der Waals surface area contributed by atoms with E-state index in [2.05, 4.69) is 10.5 Å². The minimum Gasteiger partial charge on any atom is -0.481 e. The lowest BCUT2D eigenvalue weighted by molar-refractivity contribution is -0.127. The lowest BCUT2D eigenvalue weighted by Gasteiger charge is -2.15. The number of ether oxygens (including phenoxy) is 1. The highest BCUT2D eigenvalue weighted by Gasteiger charge is 2.25. The first-order valence-electron chi connectivity index (χ1n) is 6.74. The van der Waals surface area contributed by atoms with Gasteiger partial charge in [-0.25, -0.2) is 5.43 Å². The first kappa shape index (κ1) is 14.9. The van der Waals surface area contributed by atoms with Crippen LogP contribution in [0.3, 0.4) is 0 Å². The van der Waals surface area contributed by atoms with E-state index in [0.29, 0.717) is 16.7 Å². The molecule has 1 aliphatic carbocycles. The van der Waals surface area contributed by atoms with Crippen LogP contribution in [-0.4, -0.2) is 17.7 Å². The Morgan fingerprint density at radius 3 is 2.80 bits per heavy atom. The van der Waals surface area contributed by atoms with Gasteiger partial charge in [0.1, 0.15) is 5.75 Å². The molecule has 2 rings (SSSR count). The maximum Gasteiger partial charge on any atom is 0.280 e. The molecular weight excluding hydrogens is 276 g/mol. The highest BCUT2D eigenvalue weighted by Crippen LogP contribution is 2.30. The van der Waals surface area contributed by atoms with E-state index in [9.17, 15) is 4.79 Å². The van der Waals surface area contributed by atoms with Crippen molar-refractivity contribution in [1.82, 2.24) is 5.43 Å². The fourth-order valence-electron chi connectivity index (χ4n) is 1.82. The molecule has 108 valence electrons. The number of carbonyl (C=O) groups is 1. The number of halogens is 1. The van der Waals surface area contributed by atoms with Crippen LogP contribution in [-0.2, 0) is 4.79 Å². The van der Waals surface area contributed by atoms with Crippen LogP contribution in [0, 0.1) is 12.8 Å². The molecule has 1 amide bonds. The van der Waals surface area contributed by atoms with Gasteiger partial charge in [-0.2, -0.15) is 5.10 Å². The molecule has 5 heteroatoms. The van der Waals surface area contributed by atoms with Crippen molar-refractivity contribution < 1.29 is 9.53 Å². The summed E-state index contributed by atoms with van der Waals surface area (Å²) in [5.41, 5.74) is 4.43. The molecule has 1 N–H and O–H groups in total. The smallest absolute Gasteiger partial charge is 0.280 e. The number of nitrogens with one attached hydrogen (secondary N) is 1. The molecule has 1 aromatic rings. The third-order valence-corrected chi connectivity index (χ3v) is 3.56. The number of benzene rings is 1. The number of carbonyl (C=O) groups excluding carboxylic acids is 1. The van der Waals surface area contributed by atoms with Gasteiger partial charge in [-0.1, -0.05) is 11.6 Å². The third-order valence-electron chi connectivity index (χ3n) is 3.32. The van der Waals surface area contributed by atoms with Gasteiger partial charge < -0.3 is 4.74 Å². The van der Waals surface area contributed by atoms with Gasteiger partial charge in [0.25, 0.3) is 5.91 Å². The quantitative estimate of drug-likeness (QED) is 0.669. The highest BCUT2D eigenvalue weighted by atomic mass is 35.5. The Hall–Kier alpha value is -1.55. The van der Waals surface area contributed by atoms with Gasteiger partial charge in [0.15, 0.2) is 6.10 Å². The van der Waals surface area contributed by atoms with Crippen molar-refractivity contribution in [3.63, 3.8) is 0 Å². The van der Waals surface area contributed by atoms with Gasteiger partial charge in [0.2, 0.25) is 0 Å². The molecule has 1 saturated carbocycles. The zero-order chi connectivity index (χ0) is 14.7. The predicted octanol–water partition coefficient (Wildman–Crippen LogP) is 3.32. The standard InChI is InChI=1S/C15H19ClN2O2/c1-9-8-13(16)6-7-14(9)20-11(3)15(19)18-17-10(2)12-4-5-12/h6-8,11-12H,4-5H2,1-3H3,(H,18,19)/b17-10+. The van der Waals surface area contributed by atoms with E-state index in [1.54, 1.807) is 25.1 Å². The van der Waals surface area contributed by atoms with Crippen molar-refractivity contribution in [3.8, 4) is 5.75 Å². The van der Waals surface area contributed by atoms with E-state index in [-0.39, 0.29) is 5.91 Å². The lowest BCUT2D eigenvalue weighted by atomic mass is 10.2. The fraction of sp³-hybridized carbons (Fsp3) is 0.467. The number of amides is 1. The maximum atomic E-state index is 11.9. The van der Waals surface area contributed by atoms with E-state index in [1.165, 1.54) is 12.8 Å². The van der Waals surface area contributed by atoms with Crippen molar-refractivity contribution in [2.45, 2.75) is 39.7 Å². The second kappa shape index (κ2) is 6.27. The molecule has 1 unspecified atom stereocenters. The topological polar surface area (TPSA) is 50.7 Å². The number of rotatable bonds is 5. The fourth-order valence-corrected chi connectivity index (χ4v) is 2.04. The first-order valence-corrected chi connectivity index (χ1v) is 7.12. The number of hydrogen-bond acceptors (Lipinski definition) is 3. The molecule has 4 nitrogen and oxygen atoms in total. The SMILES string of the molecule is C/C(=N\NC(=O)C(C)Oc1ccc(Cl)cc1C)C1CC1. The Labute approximate surface area is 124 Å². The first-order chi connectivity index (χ1) is 9.47. The van der Waals surface area contributed by atoms with Crippen LogP contribution in [0.4, 0.5) is 0 Å². The van der Waals surface area contributed by atoms with Crippen LogP contribution in [0.1, 0.15) is 32.3 Å². The van der Waals surface area contributed by atoms with Crippen molar-refractivity contribution in [1.29, 1.82) is 0 Å². The van der Waals surface area contributed by atoms with Crippen LogP contribution < -0.4 is 10.2 Å². The Balaban J connectivity index is 1.91. The molecule has 1 aliphatic rings. The lowest BCUT2D eigenvalue weighted by Crippen LogP contribution is -2.34. The number of nitrogens with zero attached hydrogens (tertiary/aromatic N) is 1. The molecule has 20 heavy (non-hydrogen) atoms. The molecule has 0 spiro atoms. The summed E-state index contributed by atoms with van der Waals surface area (Å²) in [5.74, 6) is 0.948. The summed E-state index contributed by atoms with van der Waals surface area (Å²) in [6, 6.07) is 5.31. The van der Waals surface area contributed by atoms with E-state index in [0.717, 1.165) is 11.3 Å². The molecule has 0 aliphatic heterocycles. The summed E-state index contributed by atoms with van der Waals surface area (Å²) in [6.45, 7) is 5.53. The summed E-state index contributed by atoms with van der Waals surface area (Å²) in [5, 5.41) is 4.75. The average molecular weight is 295 g/mol. The second-order valence-corrected chi connectivity index (χ2v) is 5.61. The van der Waals surface area contributed by atoms with E-state index in [1.807, 2.05) is 13.8 Å². The predicted molar refractivity (Wildman–Crippen MR) is 80.3 cm³/mol. The second-order valence-electron chi connectivity index (χ2n) is 5.17. The van der Waals surface area contributed by atoms with Gasteiger partial charge in [0.05, 0.1) is 0 Å². The van der Waals surface area contributed by atoms with Crippen LogP contribution in [0.25, 0.3) is 0 Å². The van der Waals surface area contributed by atoms with Crippen molar-refractivity contribution in [2.75, 3.05) is 0 Å². The van der Waals surface area contributed by atoms with Gasteiger partial charge in [0, 0.05) is 10.7 Å². The van der Waals surface area contributed by atoms with Gasteiger partial charge in [-0.3, -0.25) is 4.79 Å². The summed E-state index contributed by atoms with van der Waals surface area (Å²) in [7, 11) is 0. The number of aryl methyl sites for hydroxylation is 1. The van der Waals surface area contributed by atoms with Crippen molar-refractivity contribution in [3.05, 3.63) is 28.8 Å².